The van der Waals surface area contributed by atoms with E-state index in [2.05, 4.69) is 26.1 Å². The average molecular weight is 345 g/mol. The third-order valence-electron chi connectivity index (χ3n) is 4.54. The number of benzene rings is 1. The number of piperidine rings is 1. The summed E-state index contributed by atoms with van der Waals surface area (Å²) in [7, 11) is 0. The standard InChI is InChI=1S/C15H19BrF2N2/c16-11-4-5-12(17)10(15(11)18)9-19-13-6-8-20-7-2-1-3-14(13)20/h4-5,13-14,19H,1-3,6-9H2. The first-order valence-corrected chi connectivity index (χ1v) is 8.06. The molecule has 2 heterocycles. The summed E-state index contributed by atoms with van der Waals surface area (Å²) in [4.78, 5) is 2.51. The van der Waals surface area contributed by atoms with E-state index in [1.807, 2.05) is 0 Å². The maximum Gasteiger partial charge on any atom is 0.144 e. The van der Waals surface area contributed by atoms with E-state index < -0.39 is 11.6 Å². The van der Waals surface area contributed by atoms with Gasteiger partial charge in [-0.05, 0) is 53.9 Å². The van der Waals surface area contributed by atoms with Crippen molar-refractivity contribution in [3.05, 3.63) is 33.8 Å². The predicted molar refractivity (Wildman–Crippen MR) is 78.5 cm³/mol. The van der Waals surface area contributed by atoms with Crippen molar-refractivity contribution in [2.45, 2.75) is 44.3 Å². The molecule has 1 N–H and O–H groups in total. The molecule has 0 aliphatic carbocycles. The fraction of sp³-hybridized carbons (Fsp3) is 0.600. The summed E-state index contributed by atoms with van der Waals surface area (Å²) in [6.07, 6.45) is 4.81. The van der Waals surface area contributed by atoms with E-state index in [4.69, 9.17) is 0 Å². The van der Waals surface area contributed by atoms with Crippen LogP contribution in [-0.2, 0) is 6.54 Å². The molecule has 5 heteroatoms. The molecule has 2 saturated heterocycles. The molecule has 2 atom stereocenters. The summed E-state index contributed by atoms with van der Waals surface area (Å²) >= 11 is 3.11. The first-order chi connectivity index (χ1) is 9.66. The summed E-state index contributed by atoms with van der Waals surface area (Å²) in [5.41, 5.74) is 0.133. The van der Waals surface area contributed by atoms with Gasteiger partial charge in [0.05, 0.1) is 4.47 Å². The zero-order chi connectivity index (χ0) is 14.1. The molecule has 2 nitrogen and oxygen atoms in total. The number of halogens is 3. The average Bonchev–Trinajstić information content (AvgIpc) is 2.87. The van der Waals surface area contributed by atoms with Crippen LogP contribution in [0.5, 0.6) is 0 Å². The molecular weight excluding hydrogens is 326 g/mol. The van der Waals surface area contributed by atoms with E-state index in [9.17, 15) is 8.78 Å². The first-order valence-electron chi connectivity index (χ1n) is 7.26. The van der Waals surface area contributed by atoms with Gasteiger partial charge < -0.3 is 5.32 Å². The Labute approximate surface area is 126 Å². The Kier molecular flexibility index (Phi) is 4.38. The maximum atomic E-state index is 13.9. The van der Waals surface area contributed by atoms with Crippen molar-refractivity contribution in [1.29, 1.82) is 0 Å². The van der Waals surface area contributed by atoms with Crippen LogP contribution in [0.15, 0.2) is 16.6 Å². The van der Waals surface area contributed by atoms with Crippen LogP contribution >= 0.6 is 15.9 Å². The van der Waals surface area contributed by atoms with Crippen LogP contribution in [0.2, 0.25) is 0 Å². The lowest BCUT2D eigenvalue weighted by Crippen LogP contribution is -2.44. The van der Waals surface area contributed by atoms with Crippen molar-refractivity contribution < 1.29 is 8.78 Å². The van der Waals surface area contributed by atoms with Gasteiger partial charge in [0.1, 0.15) is 11.6 Å². The Balaban J connectivity index is 1.67. The molecule has 2 aliphatic rings. The molecule has 1 aromatic carbocycles. The molecule has 0 saturated carbocycles. The molecule has 110 valence electrons. The van der Waals surface area contributed by atoms with E-state index in [0.717, 1.165) is 13.0 Å². The minimum absolute atomic E-state index is 0.133. The van der Waals surface area contributed by atoms with Gasteiger partial charge >= 0.3 is 0 Å². The molecule has 0 radical (unpaired) electrons. The third-order valence-corrected chi connectivity index (χ3v) is 5.15. The Morgan fingerprint density at radius 3 is 2.90 bits per heavy atom. The van der Waals surface area contributed by atoms with Gasteiger partial charge in [-0.1, -0.05) is 6.42 Å². The minimum atomic E-state index is -0.490. The number of rotatable bonds is 3. The number of nitrogens with one attached hydrogen (secondary N) is 1. The Morgan fingerprint density at radius 2 is 2.05 bits per heavy atom. The summed E-state index contributed by atoms with van der Waals surface area (Å²) < 4.78 is 28.0. The lowest BCUT2D eigenvalue weighted by molar-refractivity contribution is 0.180. The highest BCUT2D eigenvalue weighted by molar-refractivity contribution is 9.10. The van der Waals surface area contributed by atoms with Gasteiger partial charge in [-0.2, -0.15) is 0 Å². The molecule has 0 bridgehead atoms. The second kappa shape index (κ2) is 6.08. The van der Waals surface area contributed by atoms with Crippen LogP contribution in [-0.4, -0.2) is 30.1 Å². The Bertz CT molecular complexity index is 495. The molecule has 0 spiro atoms. The molecule has 20 heavy (non-hydrogen) atoms. The molecule has 2 aliphatic heterocycles. The highest BCUT2D eigenvalue weighted by Gasteiger charge is 2.35. The highest BCUT2D eigenvalue weighted by Crippen LogP contribution is 2.28. The smallest absolute Gasteiger partial charge is 0.144 e. The molecule has 3 rings (SSSR count). The monoisotopic (exact) mass is 344 g/mol. The zero-order valence-electron chi connectivity index (χ0n) is 11.3. The summed E-state index contributed by atoms with van der Waals surface area (Å²) in [5, 5.41) is 3.36. The SMILES string of the molecule is Fc1ccc(Br)c(F)c1CNC1CCN2CCCCC12. The minimum Gasteiger partial charge on any atom is -0.308 e. The molecule has 1 aromatic rings. The van der Waals surface area contributed by atoms with Crippen LogP contribution in [0.3, 0.4) is 0 Å². The lowest BCUT2D eigenvalue weighted by Gasteiger charge is -2.32. The predicted octanol–water partition coefficient (Wildman–Crippen LogP) is 3.44. The van der Waals surface area contributed by atoms with Crippen molar-refractivity contribution in [3.8, 4) is 0 Å². The van der Waals surface area contributed by atoms with Crippen molar-refractivity contribution in [1.82, 2.24) is 10.2 Å². The van der Waals surface area contributed by atoms with Gasteiger partial charge in [-0.25, -0.2) is 8.78 Å². The van der Waals surface area contributed by atoms with Crippen molar-refractivity contribution in [2.75, 3.05) is 13.1 Å². The van der Waals surface area contributed by atoms with Crippen molar-refractivity contribution in [2.24, 2.45) is 0 Å². The Morgan fingerprint density at radius 1 is 1.20 bits per heavy atom. The Hall–Kier alpha value is -0.520. The van der Waals surface area contributed by atoms with Crippen LogP contribution in [0, 0.1) is 11.6 Å². The lowest BCUT2D eigenvalue weighted by atomic mass is 9.99. The van der Waals surface area contributed by atoms with Crippen LogP contribution in [0.25, 0.3) is 0 Å². The number of fused-ring (bicyclic) bond motifs is 1. The van der Waals surface area contributed by atoms with Crippen molar-refractivity contribution >= 4 is 15.9 Å². The quantitative estimate of drug-likeness (QED) is 0.845. The normalized spacial score (nSPS) is 26.8. The summed E-state index contributed by atoms with van der Waals surface area (Å²) in [5.74, 6) is -0.965. The number of nitrogens with zero attached hydrogens (tertiary/aromatic N) is 1. The van der Waals surface area contributed by atoms with Crippen molar-refractivity contribution in [3.63, 3.8) is 0 Å². The summed E-state index contributed by atoms with van der Waals surface area (Å²) in [6, 6.07) is 3.62. The molecule has 2 fully saturated rings. The van der Waals surface area contributed by atoms with Gasteiger partial charge in [-0.15, -0.1) is 0 Å². The summed E-state index contributed by atoms with van der Waals surface area (Å²) in [6.45, 7) is 2.53. The number of hydrogen-bond acceptors (Lipinski definition) is 2. The van der Waals surface area contributed by atoms with E-state index in [1.165, 1.54) is 37.9 Å². The van der Waals surface area contributed by atoms with E-state index >= 15 is 0 Å². The third kappa shape index (κ3) is 2.76. The highest BCUT2D eigenvalue weighted by atomic mass is 79.9. The van der Waals surface area contributed by atoms with Crippen LogP contribution in [0.4, 0.5) is 8.78 Å². The molecule has 2 unspecified atom stereocenters. The van der Waals surface area contributed by atoms with Crippen LogP contribution in [0.1, 0.15) is 31.2 Å². The van der Waals surface area contributed by atoms with Gasteiger partial charge in [0.25, 0.3) is 0 Å². The fourth-order valence-corrected chi connectivity index (χ4v) is 3.82. The van der Waals surface area contributed by atoms with E-state index in [1.54, 1.807) is 0 Å². The largest absolute Gasteiger partial charge is 0.308 e. The molecule has 0 aromatic heterocycles. The first kappa shape index (κ1) is 14.4. The van der Waals surface area contributed by atoms with E-state index in [0.29, 0.717) is 16.6 Å². The second-order valence-corrected chi connectivity index (χ2v) is 6.55. The fourth-order valence-electron chi connectivity index (χ4n) is 3.45. The van der Waals surface area contributed by atoms with E-state index in [-0.39, 0.29) is 12.1 Å². The van der Waals surface area contributed by atoms with Gasteiger partial charge in [0.15, 0.2) is 0 Å². The maximum absolute atomic E-state index is 13.9. The van der Waals surface area contributed by atoms with Gasteiger partial charge in [0, 0.05) is 30.7 Å². The van der Waals surface area contributed by atoms with Crippen LogP contribution < -0.4 is 5.32 Å². The molecule has 0 amide bonds. The zero-order valence-corrected chi connectivity index (χ0v) is 12.9. The second-order valence-electron chi connectivity index (χ2n) is 5.70. The number of hydrogen-bond donors (Lipinski definition) is 1. The van der Waals surface area contributed by atoms with Gasteiger partial charge in [0.2, 0.25) is 0 Å². The topological polar surface area (TPSA) is 15.3 Å². The van der Waals surface area contributed by atoms with Gasteiger partial charge in [-0.3, -0.25) is 4.90 Å². The molecular formula is C15H19BrF2N2.